The van der Waals surface area contributed by atoms with E-state index >= 15 is 0 Å². The van der Waals surface area contributed by atoms with Crippen molar-refractivity contribution in [2.24, 2.45) is 5.10 Å². The summed E-state index contributed by atoms with van der Waals surface area (Å²) < 4.78 is 15.9. The number of methoxy groups -OCH3 is 3. The van der Waals surface area contributed by atoms with Gasteiger partial charge in [0.05, 0.1) is 32.6 Å². The molecule has 0 saturated heterocycles. The van der Waals surface area contributed by atoms with Crippen molar-refractivity contribution in [3.63, 3.8) is 0 Å². The minimum absolute atomic E-state index is 0.0684. The summed E-state index contributed by atoms with van der Waals surface area (Å²) in [5.41, 5.74) is 2.56. The number of ether oxygens (including phenoxy) is 3. The number of benzene rings is 2. The Hall–Kier alpha value is -3.39. The second-order valence-electron chi connectivity index (χ2n) is 7.64. The fraction of sp³-hybridized carbons (Fsp3) is 0.400. The lowest BCUT2D eigenvalue weighted by molar-refractivity contribution is -0.141. The second kappa shape index (κ2) is 11.5. The first-order chi connectivity index (χ1) is 16.0. The van der Waals surface area contributed by atoms with Crippen LogP contribution in [0.25, 0.3) is 0 Å². The molecule has 176 valence electrons. The van der Waals surface area contributed by atoms with E-state index in [-0.39, 0.29) is 24.4 Å². The third-order valence-corrected chi connectivity index (χ3v) is 5.63. The molecular formula is C25H31N3O5. The first-order valence-electron chi connectivity index (χ1n) is 11.0. The molecule has 1 atom stereocenters. The van der Waals surface area contributed by atoms with E-state index in [9.17, 15) is 9.59 Å². The van der Waals surface area contributed by atoms with Crippen molar-refractivity contribution in [1.82, 2.24) is 9.91 Å². The summed E-state index contributed by atoms with van der Waals surface area (Å²) in [7, 11) is 4.80. The van der Waals surface area contributed by atoms with Crippen LogP contribution < -0.4 is 9.47 Å². The summed E-state index contributed by atoms with van der Waals surface area (Å²) in [6.45, 7) is 2.41. The van der Waals surface area contributed by atoms with E-state index in [2.05, 4.69) is 0 Å². The van der Waals surface area contributed by atoms with E-state index in [0.29, 0.717) is 31.7 Å². The normalized spacial score (nSPS) is 15.2. The van der Waals surface area contributed by atoms with Crippen molar-refractivity contribution in [3.8, 4) is 11.5 Å². The molecule has 0 saturated carbocycles. The summed E-state index contributed by atoms with van der Waals surface area (Å²) >= 11 is 0. The molecule has 0 fully saturated rings. The van der Waals surface area contributed by atoms with Crippen molar-refractivity contribution in [3.05, 3.63) is 59.7 Å². The molecule has 8 heteroatoms. The lowest BCUT2D eigenvalue weighted by Gasteiger charge is -2.27. The summed E-state index contributed by atoms with van der Waals surface area (Å²) in [5, 5.41) is 6.19. The summed E-state index contributed by atoms with van der Waals surface area (Å²) in [6.07, 6.45) is 0.839. The van der Waals surface area contributed by atoms with Crippen LogP contribution in [0.15, 0.2) is 53.6 Å². The van der Waals surface area contributed by atoms with Crippen LogP contribution in [0.3, 0.4) is 0 Å². The van der Waals surface area contributed by atoms with Crippen LogP contribution in [0, 0.1) is 0 Å². The van der Waals surface area contributed by atoms with Gasteiger partial charge in [0, 0.05) is 32.1 Å². The Morgan fingerprint density at radius 1 is 1.06 bits per heavy atom. The molecule has 1 aliphatic rings. The van der Waals surface area contributed by atoms with Crippen molar-refractivity contribution in [1.29, 1.82) is 0 Å². The second-order valence-corrected chi connectivity index (χ2v) is 7.64. The van der Waals surface area contributed by atoms with Gasteiger partial charge in [-0.25, -0.2) is 5.01 Å². The van der Waals surface area contributed by atoms with Gasteiger partial charge < -0.3 is 19.1 Å². The van der Waals surface area contributed by atoms with E-state index in [4.69, 9.17) is 19.3 Å². The number of carbonyl (C=O) groups excluding carboxylic acids is 2. The number of nitrogens with zero attached hydrogens (tertiary/aromatic N) is 3. The van der Waals surface area contributed by atoms with Gasteiger partial charge in [0.25, 0.3) is 5.91 Å². The molecule has 0 unspecified atom stereocenters. The van der Waals surface area contributed by atoms with Crippen LogP contribution in [-0.4, -0.2) is 68.5 Å². The van der Waals surface area contributed by atoms with Gasteiger partial charge in [-0.15, -0.1) is 0 Å². The van der Waals surface area contributed by atoms with E-state index in [1.165, 1.54) is 9.91 Å². The predicted molar refractivity (Wildman–Crippen MR) is 125 cm³/mol. The topological polar surface area (TPSA) is 80.7 Å². The Kier molecular flexibility index (Phi) is 8.43. The third kappa shape index (κ3) is 5.70. The minimum atomic E-state index is -0.341. The molecule has 33 heavy (non-hydrogen) atoms. The molecular weight excluding hydrogens is 422 g/mol. The highest BCUT2D eigenvalue weighted by molar-refractivity contribution is 6.03. The van der Waals surface area contributed by atoms with E-state index in [1.54, 1.807) is 28.3 Å². The van der Waals surface area contributed by atoms with Gasteiger partial charge in [0.1, 0.15) is 18.0 Å². The first kappa shape index (κ1) is 24.3. The van der Waals surface area contributed by atoms with Gasteiger partial charge in [-0.2, -0.15) is 5.10 Å². The lowest BCUT2D eigenvalue weighted by Crippen LogP contribution is -2.42. The van der Waals surface area contributed by atoms with E-state index < -0.39 is 0 Å². The van der Waals surface area contributed by atoms with Gasteiger partial charge >= 0.3 is 0 Å². The molecule has 1 aliphatic heterocycles. The van der Waals surface area contributed by atoms with Gasteiger partial charge in [0.2, 0.25) is 5.91 Å². The zero-order chi connectivity index (χ0) is 23.8. The zero-order valence-electron chi connectivity index (χ0n) is 19.6. The minimum Gasteiger partial charge on any atom is -0.497 e. The van der Waals surface area contributed by atoms with Crippen LogP contribution >= 0.6 is 0 Å². The SMILES string of the molecule is CCC(=O)N(CCOC)CC(=O)N1N=C(c2ccc(OC)cc2)C[C@H]1c1ccccc1OC. The molecule has 2 amide bonds. The Morgan fingerprint density at radius 2 is 1.79 bits per heavy atom. The fourth-order valence-electron chi connectivity index (χ4n) is 3.83. The van der Waals surface area contributed by atoms with E-state index in [1.807, 2.05) is 48.5 Å². The number of para-hydroxylation sites is 1. The van der Waals surface area contributed by atoms with Crippen molar-refractivity contribution in [2.75, 3.05) is 41.0 Å². The number of hydrogen-bond acceptors (Lipinski definition) is 6. The zero-order valence-corrected chi connectivity index (χ0v) is 19.6. The number of hydrogen-bond donors (Lipinski definition) is 0. The maximum atomic E-state index is 13.4. The monoisotopic (exact) mass is 453 g/mol. The Labute approximate surface area is 194 Å². The quantitative estimate of drug-likeness (QED) is 0.552. The van der Waals surface area contributed by atoms with Crippen LogP contribution in [0.2, 0.25) is 0 Å². The molecule has 0 radical (unpaired) electrons. The molecule has 0 aliphatic carbocycles. The van der Waals surface area contributed by atoms with Crippen LogP contribution in [-0.2, 0) is 14.3 Å². The Morgan fingerprint density at radius 3 is 2.42 bits per heavy atom. The molecule has 1 heterocycles. The van der Waals surface area contributed by atoms with Crippen molar-refractivity contribution in [2.45, 2.75) is 25.8 Å². The molecule has 8 nitrogen and oxygen atoms in total. The average molecular weight is 454 g/mol. The summed E-state index contributed by atoms with van der Waals surface area (Å²) in [6, 6.07) is 14.9. The molecule has 0 aromatic heterocycles. The number of amides is 2. The Bertz CT molecular complexity index is 990. The molecule has 3 rings (SSSR count). The Balaban J connectivity index is 1.93. The maximum absolute atomic E-state index is 13.4. The van der Waals surface area contributed by atoms with E-state index in [0.717, 1.165) is 22.6 Å². The largest absolute Gasteiger partial charge is 0.497 e. The average Bonchev–Trinajstić information content (AvgIpc) is 3.31. The standard InChI is InChI=1S/C25H31N3O5/c1-5-24(29)27(14-15-31-2)17-25(30)28-22(20-8-6-7-9-23(20)33-4)16-21(26-28)18-10-12-19(32-3)13-11-18/h6-13,22H,5,14-17H2,1-4H3/t22-/m0/s1. The molecule has 0 N–H and O–H groups in total. The van der Waals surface area contributed by atoms with Crippen LogP contribution in [0.4, 0.5) is 0 Å². The molecule has 2 aromatic rings. The number of hydrazone groups is 1. The highest BCUT2D eigenvalue weighted by atomic mass is 16.5. The van der Waals surface area contributed by atoms with Crippen LogP contribution in [0.1, 0.15) is 36.9 Å². The fourth-order valence-corrected chi connectivity index (χ4v) is 3.83. The van der Waals surface area contributed by atoms with Gasteiger partial charge in [0.15, 0.2) is 0 Å². The lowest BCUT2D eigenvalue weighted by atomic mass is 9.97. The molecule has 0 bridgehead atoms. The van der Waals surface area contributed by atoms with Gasteiger partial charge in [-0.3, -0.25) is 9.59 Å². The van der Waals surface area contributed by atoms with Crippen molar-refractivity contribution < 1.29 is 23.8 Å². The van der Waals surface area contributed by atoms with Crippen LogP contribution in [0.5, 0.6) is 11.5 Å². The first-order valence-corrected chi connectivity index (χ1v) is 11.0. The van der Waals surface area contributed by atoms with Crippen molar-refractivity contribution >= 4 is 17.5 Å². The highest BCUT2D eigenvalue weighted by Crippen LogP contribution is 2.37. The number of rotatable bonds is 10. The number of carbonyl (C=O) groups is 2. The third-order valence-electron chi connectivity index (χ3n) is 5.63. The molecule has 2 aromatic carbocycles. The smallest absolute Gasteiger partial charge is 0.262 e. The summed E-state index contributed by atoms with van der Waals surface area (Å²) in [4.78, 5) is 27.3. The highest BCUT2D eigenvalue weighted by Gasteiger charge is 2.35. The maximum Gasteiger partial charge on any atom is 0.262 e. The predicted octanol–water partition coefficient (Wildman–Crippen LogP) is 3.27. The molecule has 0 spiro atoms. The van der Waals surface area contributed by atoms with Gasteiger partial charge in [-0.05, 0) is 35.9 Å². The summed E-state index contributed by atoms with van der Waals surface area (Å²) in [5.74, 6) is 1.07. The van der Waals surface area contributed by atoms with Gasteiger partial charge in [-0.1, -0.05) is 25.1 Å².